The Hall–Kier alpha value is -1.91. The molecule has 0 radical (unpaired) electrons. The van der Waals surface area contributed by atoms with Crippen molar-refractivity contribution in [2.45, 2.75) is 26.8 Å². The average molecular weight is 219 g/mol. The lowest BCUT2D eigenvalue weighted by atomic mass is 10.3. The number of hydrogen-bond acceptors (Lipinski definition) is 3. The molecule has 2 aromatic heterocycles. The van der Waals surface area contributed by atoms with Gasteiger partial charge in [-0.1, -0.05) is 6.92 Å². The van der Waals surface area contributed by atoms with Crippen molar-refractivity contribution in [1.29, 1.82) is 0 Å². The second kappa shape index (κ2) is 3.92. The summed E-state index contributed by atoms with van der Waals surface area (Å²) in [4.78, 5) is 19.4. The normalized spacial score (nSPS) is 10.9. The van der Waals surface area contributed by atoms with Gasteiger partial charge in [0.1, 0.15) is 17.9 Å². The molecule has 2 rings (SSSR count). The van der Waals surface area contributed by atoms with Gasteiger partial charge in [-0.25, -0.2) is 9.97 Å². The molecular weight excluding hydrogens is 206 g/mol. The fourth-order valence-electron chi connectivity index (χ4n) is 1.73. The Morgan fingerprint density at radius 2 is 2.31 bits per heavy atom. The van der Waals surface area contributed by atoms with E-state index in [0.717, 1.165) is 16.9 Å². The SMILES string of the molecule is CCc1nc2cc(C)cnc2n1CC(=O)O. The maximum Gasteiger partial charge on any atom is 0.323 e. The van der Waals surface area contributed by atoms with Crippen LogP contribution < -0.4 is 0 Å². The second-order valence-electron chi connectivity index (χ2n) is 3.72. The van der Waals surface area contributed by atoms with E-state index in [9.17, 15) is 4.79 Å². The first-order valence-corrected chi connectivity index (χ1v) is 5.15. The molecule has 2 heterocycles. The molecule has 1 N–H and O–H groups in total. The van der Waals surface area contributed by atoms with E-state index in [2.05, 4.69) is 9.97 Å². The molecule has 2 aromatic rings. The van der Waals surface area contributed by atoms with Crippen molar-refractivity contribution in [3.8, 4) is 0 Å². The van der Waals surface area contributed by atoms with E-state index in [0.29, 0.717) is 12.1 Å². The molecule has 5 nitrogen and oxygen atoms in total. The van der Waals surface area contributed by atoms with Crippen LogP contribution >= 0.6 is 0 Å². The van der Waals surface area contributed by atoms with Gasteiger partial charge in [-0.05, 0) is 18.6 Å². The van der Waals surface area contributed by atoms with Crippen LogP contribution in [0.25, 0.3) is 11.2 Å². The highest BCUT2D eigenvalue weighted by atomic mass is 16.4. The van der Waals surface area contributed by atoms with E-state index in [1.54, 1.807) is 10.8 Å². The lowest BCUT2D eigenvalue weighted by Gasteiger charge is -2.03. The van der Waals surface area contributed by atoms with E-state index < -0.39 is 5.97 Å². The van der Waals surface area contributed by atoms with E-state index in [1.807, 2.05) is 19.9 Å². The third-order valence-corrected chi connectivity index (χ3v) is 2.41. The Morgan fingerprint density at radius 1 is 1.56 bits per heavy atom. The van der Waals surface area contributed by atoms with E-state index in [1.165, 1.54) is 0 Å². The highest BCUT2D eigenvalue weighted by molar-refractivity contribution is 5.75. The second-order valence-corrected chi connectivity index (χ2v) is 3.72. The summed E-state index contributed by atoms with van der Waals surface area (Å²) in [6.07, 6.45) is 2.42. The average Bonchev–Trinajstić information content (AvgIpc) is 2.55. The Morgan fingerprint density at radius 3 is 2.94 bits per heavy atom. The van der Waals surface area contributed by atoms with Gasteiger partial charge in [0.05, 0.1) is 0 Å². The van der Waals surface area contributed by atoms with Crippen LogP contribution in [0, 0.1) is 6.92 Å². The van der Waals surface area contributed by atoms with Crippen LogP contribution in [0.4, 0.5) is 0 Å². The zero-order valence-corrected chi connectivity index (χ0v) is 9.27. The number of fused-ring (bicyclic) bond motifs is 1. The van der Waals surface area contributed by atoms with Gasteiger partial charge in [0, 0.05) is 12.6 Å². The summed E-state index contributed by atoms with van der Waals surface area (Å²) in [5.74, 6) is -0.119. The van der Waals surface area contributed by atoms with Crippen molar-refractivity contribution in [1.82, 2.24) is 14.5 Å². The zero-order chi connectivity index (χ0) is 11.7. The molecule has 0 atom stereocenters. The number of rotatable bonds is 3. The lowest BCUT2D eigenvalue weighted by Crippen LogP contribution is -2.11. The van der Waals surface area contributed by atoms with Crippen LogP contribution in [-0.2, 0) is 17.8 Å². The number of carbonyl (C=O) groups is 1. The number of aryl methyl sites for hydroxylation is 2. The summed E-state index contributed by atoms with van der Waals surface area (Å²) in [7, 11) is 0. The molecule has 0 bridgehead atoms. The maximum atomic E-state index is 10.8. The largest absolute Gasteiger partial charge is 0.480 e. The van der Waals surface area contributed by atoms with Gasteiger partial charge in [0.15, 0.2) is 5.65 Å². The van der Waals surface area contributed by atoms with Gasteiger partial charge in [-0.2, -0.15) is 0 Å². The Bertz CT molecular complexity index is 545. The van der Waals surface area contributed by atoms with E-state index >= 15 is 0 Å². The molecule has 0 aliphatic heterocycles. The highest BCUT2D eigenvalue weighted by Gasteiger charge is 2.12. The molecule has 0 unspecified atom stereocenters. The number of carboxylic acids is 1. The van der Waals surface area contributed by atoms with Gasteiger partial charge in [-0.3, -0.25) is 4.79 Å². The summed E-state index contributed by atoms with van der Waals surface area (Å²) in [6, 6.07) is 1.92. The fraction of sp³-hybridized carbons (Fsp3) is 0.364. The molecular formula is C11H13N3O2. The Kier molecular flexibility index (Phi) is 2.60. The number of carboxylic acid groups (broad SMARTS) is 1. The quantitative estimate of drug-likeness (QED) is 0.846. The molecule has 0 saturated carbocycles. The molecule has 84 valence electrons. The highest BCUT2D eigenvalue weighted by Crippen LogP contribution is 2.15. The molecule has 16 heavy (non-hydrogen) atoms. The first-order chi connectivity index (χ1) is 7.61. The summed E-state index contributed by atoms with van der Waals surface area (Å²) in [6.45, 7) is 3.80. The lowest BCUT2D eigenvalue weighted by molar-refractivity contribution is -0.137. The minimum atomic E-state index is -0.878. The van der Waals surface area contributed by atoms with Crippen molar-refractivity contribution < 1.29 is 9.90 Å². The van der Waals surface area contributed by atoms with Gasteiger partial charge in [-0.15, -0.1) is 0 Å². The number of imidazole rings is 1. The standard InChI is InChI=1S/C11H13N3O2/c1-3-9-13-8-4-7(2)5-12-11(8)14(9)6-10(15)16/h4-5H,3,6H2,1-2H3,(H,15,16). The molecule has 0 aliphatic rings. The van der Waals surface area contributed by atoms with Crippen LogP contribution in [0.2, 0.25) is 0 Å². The van der Waals surface area contributed by atoms with Crippen LogP contribution in [0.3, 0.4) is 0 Å². The fourth-order valence-corrected chi connectivity index (χ4v) is 1.73. The number of hydrogen-bond donors (Lipinski definition) is 1. The summed E-state index contributed by atoms with van der Waals surface area (Å²) >= 11 is 0. The first-order valence-electron chi connectivity index (χ1n) is 5.15. The van der Waals surface area contributed by atoms with Crippen molar-refractivity contribution in [2.24, 2.45) is 0 Å². The molecule has 0 saturated heterocycles. The summed E-state index contributed by atoms with van der Waals surface area (Å²) in [5, 5.41) is 8.84. The Balaban J connectivity index is 2.63. The predicted octanol–water partition coefficient (Wildman–Crippen LogP) is 1.39. The van der Waals surface area contributed by atoms with Gasteiger partial charge < -0.3 is 9.67 Å². The third kappa shape index (κ3) is 1.76. The Labute approximate surface area is 92.8 Å². The number of pyridine rings is 1. The minimum absolute atomic E-state index is 0.0876. The molecule has 0 spiro atoms. The minimum Gasteiger partial charge on any atom is -0.480 e. The first kappa shape index (κ1) is 10.6. The summed E-state index contributed by atoms with van der Waals surface area (Å²) in [5.41, 5.74) is 2.43. The van der Waals surface area contributed by atoms with Gasteiger partial charge in [0.25, 0.3) is 0 Å². The van der Waals surface area contributed by atoms with Crippen LogP contribution in [-0.4, -0.2) is 25.6 Å². The van der Waals surface area contributed by atoms with E-state index in [-0.39, 0.29) is 6.54 Å². The molecule has 0 aliphatic carbocycles. The third-order valence-electron chi connectivity index (χ3n) is 2.41. The molecule has 0 aromatic carbocycles. The van der Waals surface area contributed by atoms with Crippen LogP contribution in [0.15, 0.2) is 12.3 Å². The van der Waals surface area contributed by atoms with Gasteiger partial charge in [0.2, 0.25) is 0 Å². The monoisotopic (exact) mass is 219 g/mol. The smallest absolute Gasteiger partial charge is 0.323 e. The van der Waals surface area contributed by atoms with E-state index in [4.69, 9.17) is 5.11 Å². The molecule has 0 amide bonds. The topological polar surface area (TPSA) is 68.0 Å². The predicted molar refractivity (Wildman–Crippen MR) is 59.3 cm³/mol. The van der Waals surface area contributed by atoms with Crippen molar-refractivity contribution >= 4 is 17.1 Å². The molecule has 5 heteroatoms. The number of aromatic nitrogens is 3. The summed E-state index contributed by atoms with van der Waals surface area (Å²) < 4.78 is 1.65. The van der Waals surface area contributed by atoms with Crippen molar-refractivity contribution in [3.05, 3.63) is 23.7 Å². The zero-order valence-electron chi connectivity index (χ0n) is 9.27. The van der Waals surface area contributed by atoms with Crippen LogP contribution in [0.5, 0.6) is 0 Å². The molecule has 0 fully saturated rings. The van der Waals surface area contributed by atoms with Crippen molar-refractivity contribution in [3.63, 3.8) is 0 Å². The maximum absolute atomic E-state index is 10.8. The number of aliphatic carboxylic acids is 1. The van der Waals surface area contributed by atoms with Crippen molar-refractivity contribution in [2.75, 3.05) is 0 Å². The number of nitrogens with zero attached hydrogens (tertiary/aromatic N) is 3. The van der Waals surface area contributed by atoms with Crippen LogP contribution in [0.1, 0.15) is 18.3 Å². The van der Waals surface area contributed by atoms with Gasteiger partial charge >= 0.3 is 5.97 Å².